The number of alkyl halides is 3. The molecule has 2 amide bonds. The van der Waals surface area contributed by atoms with Crippen LogP contribution in [0.25, 0.3) is 0 Å². The topological polar surface area (TPSA) is 86.3 Å². The Morgan fingerprint density at radius 1 is 0.821 bits per heavy atom. The van der Waals surface area contributed by atoms with Gasteiger partial charge in [0.1, 0.15) is 0 Å². The second-order valence-corrected chi connectivity index (χ2v) is 8.81. The third kappa shape index (κ3) is 5.16. The number of hydrogen-bond acceptors (Lipinski definition) is 6. The summed E-state index contributed by atoms with van der Waals surface area (Å²) in [6.07, 6.45) is -4.51. The third-order valence-corrected chi connectivity index (χ3v) is 6.69. The molecular weight excluding hydrogens is 517 g/mol. The molecule has 0 spiro atoms. The van der Waals surface area contributed by atoms with Crippen LogP contribution < -0.4 is 24.3 Å². The van der Waals surface area contributed by atoms with E-state index in [0.717, 1.165) is 12.1 Å². The number of benzene rings is 3. The van der Waals surface area contributed by atoms with Crippen LogP contribution in [0.3, 0.4) is 0 Å². The van der Waals surface area contributed by atoms with E-state index >= 15 is 0 Å². The van der Waals surface area contributed by atoms with Gasteiger partial charge in [0, 0.05) is 18.3 Å². The van der Waals surface area contributed by atoms with Gasteiger partial charge in [-0.3, -0.25) is 9.59 Å². The molecule has 0 saturated carbocycles. The first-order valence-electron chi connectivity index (χ1n) is 11.8. The van der Waals surface area contributed by atoms with Crippen molar-refractivity contribution in [2.45, 2.75) is 18.1 Å². The van der Waals surface area contributed by atoms with E-state index in [1.807, 2.05) is 0 Å². The minimum Gasteiger partial charge on any atom is -0.493 e. The van der Waals surface area contributed by atoms with Crippen LogP contribution in [0.5, 0.6) is 23.0 Å². The molecule has 0 fully saturated rings. The molecule has 4 rings (SSSR count). The standard InChI is InChI=1S/C28H27F3N2O6/c1-33-25(15-6-11-20(36-2)21(12-15)37-3)24(18-13-22(38-4)23(39-5)14-19(18)27(33)35)26(34)32-17-9-7-16(8-10-17)28(29,30)31/h6-14,24-25H,1-5H3,(H,32,34)/t24-,25-/m0/s1. The van der Waals surface area contributed by atoms with Crippen molar-refractivity contribution >= 4 is 17.5 Å². The summed E-state index contributed by atoms with van der Waals surface area (Å²) < 4.78 is 60.7. The zero-order valence-corrected chi connectivity index (χ0v) is 21.9. The Labute approximate surface area is 223 Å². The Morgan fingerprint density at radius 2 is 1.38 bits per heavy atom. The van der Waals surface area contributed by atoms with E-state index in [0.29, 0.717) is 34.1 Å². The molecule has 0 aromatic heterocycles. The molecule has 0 radical (unpaired) electrons. The predicted molar refractivity (Wildman–Crippen MR) is 137 cm³/mol. The monoisotopic (exact) mass is 544 g/mol. The van der Waals surface area contributed by atoms with Crippen LogP contribution in [-0.2, 0) is 11.0 Å². The second-order valence-electron chi connectivity index (χ2n) is 8.81. The van der Waals surface area contributed by atoms with Crippen LogP contribution in [0.15, 0.2) is 54.6 Å². The minimum atomic E-state index is -4.51. The molecule has 1 aliphatic rings. The Morgan fingerprint density at radius 3 is 1.95 bits per heavy atom. The second kappa shape index (κ2) is 10.8. The number of hydrogen-bond donors (Lipinski definition) is 1. The number of carbonyl (C=O) groups excluding carboxylic acids is 2. The van der Waals surface area contributed by atoms with Gasteiger partial charge in [0.2, 0.25) is 5.91 Å². The summed E-state index contributed by atoms with van der Waals surface area (Å²) >= 11 is 0. The average molecular weight is 545 g/mol. The SMILES string of the molecule is COc1ccc([C@H]2[C@@H](C(=O)Nc3ccc(C(F)(F)F)cc3)c3cc(OC)c(OC)cc3C(=O)N2C)cc1OC. The maximum Gasteiger partial charge on any atom is 0.416 e. The Kier molecular flexibility index (Phi) is 7.62. The van der Waals surface area contributed by atoms with Crippen molar-refractivity contribution in [3.8, 4) is 23.0 Å². The minimum absolute atomic E-state index is 0.167. The number of fused-ring (bicyclic) bond motifs is 1. The molecule has 0 aliphatic carbocycles. The van der Waals surface area contributed by atoms with Crippen LogP contribution in [0.2, 0.25) is 0 Å². The summed E-state index contributed by atoms with van der Waals surface area (Å²) in [5.41, 5.74) is 0.519. The Hall–Kier alpha value is -4.41. The van der Waals surface area contributed by atoms with Crippen molar-refractivity contribution in [1.29, 1.82) is 0 Å². The van der Waals surface area contributed by atoms with Crippen molar-refractivity contribution in [3.05, 3.63) is 76.9 Å². The number of rotatable bonds is 7. The number of methoxy groups -OCH3 is 4. The highest BCUT2D eigenvalue weighted by molar-refractivity contribution is 6.05. The maximum absolute atomic E-state index is 13.9. The lowest BCUT2D eigenvalue weighted by atomic mass is 9.79. The molecule has 0 bridgehead atoms. The fraction of sp³-hybridized carbons (Fsp3) is 0.286. The van der Waals surface area contributed by atoms with Crippen molar-refractivity contribution in [3.63, 3.8) is 0 Å². The molecule has 3 aromatic rings. The molecule has 2 atom stereocenters. The van der Waals surface area contributed by atoms with E-state index in [-0.39, 0.29) is 17.2 Å². The molecule has 0 unspecified atom stereocenters. The lowest BCUT2D eigenvalue weighted by molar-refractivity contribution is -0.137. The summed E-state index contributed by atoms with van der Waals surface area (Å²) in [6, 6.07) is 11.5. The fourth-order valence-electron chi connectivity index (χ4n) is 4.75. The fourth-order valence-corrected chi connectivity index (χ4v) is 4.75. The van der Waals surface area contributed by atoms with Gasteiger partial charge in [-0.1, -0.05) is 6.07 Å². The van der Waals surface area contributed by atoms with Crippen LogP contribution in [0.4, 0.5) is 18.9 Å². The summed E-state index contributed by atoms with van der Waals surface area (Å²) in [7, 11) is 7.40. The quantitative estimate of drug-likeness (QED) is 0.435. The van der Waals surface area contributed by atoms with Crippen molar-refractivity contribution < 1.29 is 41.7 Å². The first-order valence-corrected chi connectivity index (χ1v) is 11.8. The first-order chi connectivity index (χ1) is 18.5. The number of amides is 2. The molecule has 11 heteroatoms. The smallest absolute Gasteiger partial charge is 0.416 e. The molecule has 1 aliphatic heterocycles. The normalized spacial score (nSPS) is 16.8. The number of anilines is 1. The molecule has 39 heavy (non-hydrogen) atoms. The maximum atomic E-state index is 13.9. The molecular formula is C28H27F3N2O6. The van der Waals surface area contributed by atoms with Gasteiger partial charge in [0.15, 0.2) is 23.0 Å². The Bertz CT molecular complexity index is 1390. The van der Waals surface area contributed by atoms with Crippen LogP contribution in [-0.4, -0.2) is 52.2 Å². The van der Waals surface area contributed by atoms with E-state index in [4.69, 9.17) is 18.9 Å². The summed E-state index contributed by atoms with van der Waals surface area (Å²) in [5, 5.41) is 2.71. The highest BCUT2D eigenvalue weighted by Gasteiger charge is 2.44. The zero-order valence-electron chi connectivity index (χ0n) is 21.9. The highest BCUT2D eigenvalue weighted by Crippen LogP contribution is 2.47. The lowest BCUT2D eigenvalue weighted by Gasteiger charge is -2.40. The molecule has 206 valence electrons. The van der Waals surface area contributed by atoms with E-state index in [2.05, 4.69) is 5.32 Å². The van der Waals surface area contributed by atoms with E-state index in [1.165, 1.54) is 51.5 Å². The van der Waals surface area contributed by atoms with Gasteiger partial charge < -0.3 is 29.2 Å². The predicted octanol–water partition coefficient (Wildman–Crippen LogP) is 5.29. The number of nitrogens with zero attached hydrogens (tertiary/aromatic N) is 1. The first kappa shape index (κ1) is 27.6. The molecule has 8 nitrogen and oxygen atoms in total. The molecule has 1 N–H and O–H groups in total. The van der Waals surface area contributed by atoms with Gasteiger partial charge in [-0.25, -0.2) is 0 Å². The molecule has 1 heterocycles. The van der Waals surface area contributed by atoms with Crippen LogP contribution in [0.1, 0.15) is 39.0 Å². The van der Waals surface area contributed by atoms with Gasteiger partial charge in [-0.2, -0.15) is 13.2 Å². The Balaban J connectivity index is 1.85. The van der Waals surface area contributed by atoms with E-state index in [1.54, 1.807) is 31.3 Å². The summed E-state index contributed by atoms with van der Waals surface area (Å²) in [5.74, 6) is -0.398. The number of carbonyl (C=O) groups is 2. The lowest BCUT2D eigenvalue weighted by Crippen LogP contribution is -2.44. The van der Waals surface area contributed by atoms with Gasteiger partial charge in [-0.15, -0.1) is 0 Å². The van der Waals surface area contributed by atoms with Crippen molar-refractivity contribution in [2.75, 3.05) is 40.8 Å². The third-order valence-electron chi connectivity index (χ3n) is 6.69. The van der Waals surface area contributed by atoms with E-state index in [9.17, 15) is 22.8 Å². The number of nitrogens with one attached hydrogen (secondary N) is 1. The van der Waals surface area contributed by atoms with Gasteiger partial charge in [-0.05, 0) is 59.7 Å². The van der Waals surface area contributed by atoms with E-state index < -0.39 is 29.6 Å². The van der Waals surface area contributed by atoms with Crippen molar-refractivity contribution in [2.24, 2.45) is 0 Å². The highest BCUT2D eigenvalue weighted by atomic mass is 19.4. The molecule has 0 saturated heterocycles. The van der Waals surface area contributed by atoms with Gasteiger partial charge >= 0.3 is 6.18 Å². The van der Waals surface area contributed by atoms with Crippen LogP contribution >= 0.6 is 0 Å². The summed E-state index contributed by atoms with van der Waals surface area (Å²) in [4.78, 5) is 28.9. The van der Waals surface area contributed by atoms with Gasteiger partial charge in [0.25, 0.3) is 5.91 Å². The van der Waals surface area contributed by atoms with Crippen molar-refractivity contribution in [1.82, 2.24) is 4.90 Å². The summed E-state index contributed by atoms with van der Waals surface area (Å²) in [6.45, 7) is 0. The van der Waals surface area contributed by atoms with Crippen LogP contribution in [0, 0.1) is 0 Å². The number of likely N-dealkylation sites (N-methyl/N-ethyl adjacent to an activating group) is 1. The number of halogens is 3. The average Bonchev–Trinajstić information content (AvgIpc) is 2.93. The largest absolute Gasteiger partial charge is 0.493 e. The zero-order chi connectivity index (χ0) is 28.5. The van der Waals surface area contributed by atoms with Gasteiger partial charge in [0.05, 0.1) is 46.0 Å². The molecule has 3 aromatic carbocycles. The number of ether oxygens (including phenoxy) is 4.